The standard InChI is InChI=1S/C16H14BrFO/c1-16(2,11-7-4-3-5-8-11)15(19)12-9-6-10-13(17)14(12)18/h3-10H,1-2H3. The first-order chi connectivity index (χ1) is 8.94. The van der Waals surface area contributed by atoms with Crippen LogP contribution >= 0.6 is 15.9 Å². The molecule has 0 amide bonds. The monoisotopic (exact) mass is 320 g/mol. The van der Waals surface area contributed by atoms with Crippen LogP contribution in [0.1, 0.15) is 29.8 Å². The highest BCUT2D eigenvalue weighted by molar-refractivity contribution is 9.10. The predicted octanol–water partition coefficient (Wildman–Crippen LogP) is 4.75. The smallest absolute Gasteiger partial charge is 0.175 e. The molecule has 0 heterocycles. The molecule has 98 valence electrons. The average molecular weight is 321 g/mol. The lowest BCUT2D eigenvalue weighted by Gasteiger charge is -2.24. The Kier molecular flexibility index (Phi) is 3.85. The maximum absolute atomic E-state index is 14.0. The van der Waals surface area contributed by atoms with Crippen LogP contribution in [0.3, 0.4) is 0 Å². The van der Waals surface area contributed by atoms with Crippen molar-refractivity contribution in [3.8, 4) is 0 Å². The van der Waals surface area contributed by atoms with Crippen molar-refractivity contribution in [2.75, 3.05) is 0 Å². The molecular weight excluding hydrogens is 307 g/mol. The zero-order chi connectivity index (χ0) is 14.0. The number of hydrogen-bond acceptors (Lipinski definition) is 1. The molecule has 0 radical (unpaired) electrons. The summed E-state index contributed by atoms with van der Waals surface area (Å²) in [5.41, 5.74) is 0.228. The molecule has 0 bridgehead atoms. The maximum atomic E-state index is 14.0. The van der Waals surface area contributed by atoms with Crippen LogP contribution < -0.4 is 0 Å². The van der Waals surface area contributed by atoms with E-state index in [0.29, 0.717) is 4.47 Å². The van der Waals surface area contributed by atoms with Gasteiger partial charge >= 0.3 is 0 Å². The van der Waals surface area contributed by atoms with Crippen LogP contribution in [0, 0.1) is 5.82 Å². The predicted molar refractivity (Wildman–Crippen MR) is 77.9 cm³/mol. The largest absolute Gasteiger partial charge is 0.293 e. The quantitative estimate of drug-likeness (QED) is 0.746. The summed E-state index contributed by atoms with van der Waals surface area (Å²) in [5, 5.41) is 0. The first kappa shape index (κ1) is 13.9. The van der Waals surface area contributed by atoms with Crippen LogP contribution in [0.4, 0.5) is 4.39 Å². The van der Waals surface area contributed by atoms with E-state index in [0.717, 1.165) is 5.56 Å². The molecule has 2 aromatic carbocycles. The minimum absolute atomic E-state index is 0.114. The Labute approximate surface area is 120 Å². The van der Waals surface area contributed by atoms with Crippen molar-refractivity contribution in [2.24, 2.45) is 0 Å². The van der Waals surface area contributed by atoms with Gasteiger partial charge in [0.25, 0.3) is 0 Å². The van der Waals surface area contributed by atoms with Crippen LogP contribution in [-0.4, -0.2) is 5.78 Å². The molecule has 19 heavy (non-hydrogen) atoms. The van der Waals surface area contributed by atoms with E-state index < -0.39 is 11.2 Å². The SMILES string of the molecule is CC(C)(C(=O)c1cccc(Br)c1F)c1ccccc1. The molecule has 0 saturated heterocycles. The second-order valence-electron chi connectivity index (χ2n) is 4.92. The Morgan fingerprint density at radius 1 is 1.05 bits per heavy atom. The Morgan fingerprint density at radius 2 is 1.68 bits per heavy atom. The van der Waals surface area contributed by atoms with Crippen molar-refractivity contribution in [3.63, 3.8) is 0 Å². The van der Waals surface area contributed by atoms with Gasteiger partial charge in [-0.3, -0.25) is 4.79 Å². The lowest BCUT2D eigenvalue weighted by molar-refractivity contribution is 0.0904. The minimum Gasteiger partial charge on any atom is -0.293 e. The summed E-state index contributed by atoms with van der Waals surface area (Å²) in [7, 11) is 0. The van der Waals surface area contributed by atoms with Crippen LogP contribution in [0.15, 0.2) is 53.0 Å². The Bertz CT molecular complexity index is 605. The summed E-state index contributed by atoms with van der Waals surface area (Å²) in [6.07, 6.45) is 0. The van der Waals surface area contributed by atoms with Crippen molar-refractivity contribution < 1.29 is 9.18 Å². The molecule has 0 aliphatic rings. The summed E-state index contributed by atoms with van der Waals surface area (Å²) in [6, 6.07) is 14.2. The molecule has 2 aromatic rings. The zero-order valence-corrected chi connectivity index (χ0v) is 12.4. The number of hydrogen-bond donors (Lipinski definition) is 0. The summed E-state index contributed by atoms with van der Waals surface area (Å²) in [4.78, 5) is 12.6. The number of rotatable bonds is 3. The molecule has 0 aromatic heterocycles. The van der Waals surface area contributed by atoms with Gasteiger partial charge in [-0.05, 0) is 47.5 Å². The second-order valence-corrected chi connectivity index (χ2v) is 5.78. The molecule has 0 N–H and O–H groups in total. The van der Waals surface area contributed by atoms with Gasteiger partial charge in [-0.1, -0.05) is 36.4 Å². The third-order valence-electron chi connectivity index (χ3n) is 3.26. The van der Waals surface area contributed by atoms with Gasteiger partial charge in [0.1, 0.15) is 5.82 Å². The third kappa shape index (κ3) is 2.61. The molecule has 0 unspecified atom stereocenters. The van der Waals surface area contributed by atoms with Gasteiger partial charge in [0.05, 0.1) is 15.5 Å². The molecule has 3 heteroatoms. The molecule has 0 spiro atoms. The van der Waals surface area contributed by atoms with Crippen molar-refractivity contribution in [2.45, 2.75) is 19.3 Å². The third-order valence-corrected chi connectivity index (χ3v) is 3.87. The highest BCUT2D eigenvalue weighted by Crippen LogP contribution is 2.30. The van der Waals surface area contributed by atoms with Gasteiger partial charge in [-0.15, -0.1) is 0 Å². The van der Waals surface area contributed by atoms with E-state index in [1.54, 1.807) is 12.1 Å². The van der Waals surface area contributed by atoms with E-state index in [1.807, 2.05) is 44.2 Å². The normalized spacial score (nSPS) is 11.4. The zero-order valence-electron chi connectivity index (χ0n) is 10.8. The minimum atomic E-state index is -0.761. The van der Waals surface area contributed by atoms with Crippen LogP contribution in [-0.2, 0) is 5.41 Å². The van der Waals surface area contributed by atoms with E-state index in [1.165, 1.54) is 6.07 Å². The number of ketones is 1. The Morgan fingerprint density at radius 3 is 2.32 bits per heavy atom. The fraction of sp³-hybridized carbons (Fsp3) is 0.188. The van der Waals surface area contributed by atoms with Gasteiger partial charge in [0.2, 0.25) is 0 Å². The van der Waals surface area contributed by atoms with Gasteiger partial charge < -0.3 is 0 Å². The molecular formula is C16H14BrFO. The van der Waals surface area contributed by atoms with Crippen molar-refractivity contribution in [3.05, 3.63) is 69.9 Å². The van der Waals surface area contributed by atoms with E-state index in [-0.39, 0.29) is 11.3 Å². The second kappa shape index (κ2) is 5.25. The molecule has 1 nitrogen and oxygen atoms in total. The molecule has 0 aliphatic carbocycles. The highest BCUT2D eigenvalue weighted by atomic mass is 79.9. The lowest BCUT2D eigenvalue weighted by atomic mass is 9.78. The maximum Gasteiger partial charge on any atom is 0.175 e. The first-order valence-corrected chi connectivity index (χ1v) is 6.78. The van der Waals surface area contributed by atoms with Gasteiger partial charge in [-0.25, -0.2) is 4.39 Å². The van der Waals surface area contributed by atoms with Crippen LogP contribution in [0.5, 0.6) is 0 Å². The van der Waals surface area contributed by atoms with Crippen molar-refractivity contribution in [1.29, 1.82) is 0 Å². The van der Waals surface area contributed by atoms with Gasteiger partial charge in [0, 0.05) is 0 Å². The molecule has 2 rings (SSSR count). The van der Waals surface area contributed by atoms with E-state index in [9.17, 15) is 9.18 Å². The first-order valence-electron chi connectivity index (χ1n) is 5.99. The molecule has 0 atom stereocenters. The Balaban J connectivity index is 2.47. The summed E-state index contributed by atoms with van der Waals surface area (Å²) in [6.45, 7) is 3.62. The number of Topliss-reactive ketones (excluding diaryl/α,β-unsaturated/α-hetero) is 1. The topological polar surface area (TPSA) is 17.1 Å². The Hall–Kier alpha value is -1.48. The van der Waals surface area contributed by atoms with Crippen molar-refractivity contribution in [1.82, 2.24) is 0 Å². The number of carbonyl (C=O) groups excluding carboxylic acids is 1. The van der Waals surface area contributed by atoms with Gasteiger partial charge in [0.15, 0.2) is 5.78 Å². The van der Waals surface area contributed by atoms with Gasteiger partial charge in [-0.2, -0.15) is 0 Å². The molecule has 0 fully saturated rings. The molecule has 0 saturated carbocycles. The van der Waals surface area contributed by atoms with Crippen molar-refractivity contribution >= 4 is 21.7 Å². The summed E-state index contributed by atoms with van der Waals surface area (Å²) >= 11 is 3.11. The number of carbonyl (C=O) groups is 1. The van der Waals surface area contributed by atoms with E-state index in [2.05, 4.69) is 15.9 Å². The average Bonchev–Trinajstić information content (AvgIpc) is 2.42. The van der Waals surface area contributed by atoms with Crippen LogP contribution in [0.25, 0.3) is 0 Å². The summed E-state index contributed by atoms with van der Waals surface area (Å²) < 4.78 is 14.3. The molecule has 0 aliphatic heterocycles. The summed E-state index contributed by atoms with van der Waals surface area (Å²) in [5.74, 6) is -0.728. The number of benzene rings is 2. The number of halogens is 2. The van der Waals surface area contributed by atoms with Crippen LogP contribution in [0.2, 0.25) is 0 Å². The lowest BCUT2D eigenvalue weighted by Crippen LogP contribution is -2.29. The fourth-order valence-corrected chi connectivity index (χ4v) is 2.37. The van der Waals surface area contributed by atoms with E-state index in [4.69, 9.17) is 0 Å². The van der Waals surface area contributed by atoms with E-state index >= 15 is 0 Å². The highest BCUT2D eigenvalue weighted by Gasteiger charge is 2.32. The fourth-order valence-electron chi connectivity index (χ4n) is 2.00.